The summed E-state index contributed by atoms with van der Waals surface area (Å²) in [4.78, 5) is 36.8. The number of likely N-dealkylation sites (tertiary alicyclic amines) is 1. The second-order valence-electron chi connectivity index (χ2n) is 12.4. The van der Waals surface area contributed by atoms with Crippen LogP contribution in [0.4, 0.5) is 5.82 Å². The minimum atomic E-state index is -2.82. The third-order valence-corrected chi connectivity index (χ3v) is 10.1. The van der Waals surface area contributed by atoms with Gasteiger partial charge in [-0.25, -0.2) is 9.79 Å². The Morgan fingerprint density at radius 1 is 1.00 bits per heavy atom. The van der Waals surface area contributed by atoms with Crippen LogP contribution in [0.5, 0.6) is 5.75 Å². The van der Waals surface area contributed by atoms with Crippen LogP contribution < -0.4 is 15.3 Å². The van der Waals surface area contributed by atoms with Gasteiger partial charge >= 0.3 is 13.7 Å². The Balaban J connectivity index is 1.39. The Kier molecular flexibility index (Phi) is 10.7. The summed E-state index contributed by atoms with van der Waals surface area (Å²) in [5, 5.41) is 0. The molecule has 0 amide bonds. The van der Waals surface area contributed by atoms with Crippen molar-refractivity contribution in [2.75, 3.05) is 40.6 Å². The molecular weight excluding hydrogens is 643 g/mol. The highest BCUT2D eigenvalue weighted by Gasteiger charge is 2.50. The van der Waals surface area contributed by atoms with Crippen LogP contribution in [0.15, 0.2) is 101 Å². The lowest BCUT2D eigenvalue weighted by Gasteiger charge is -2.37. The lowest BCUT2D eigenvalue weighted by atomic mass is 9.80. The second kappa shape index (κ2) is 15.1. The van der Waals surface area contributed by atoms with E-state index in [-0.39, 0.29) is 12.8 Å². The van der Waals surface area contributed by atoms with Gasteiger partial charge in [0.25, 0.3) is 0 Å². The molecule has 2 aliphatic rings. The first kappa shape index (κ1) is 34.6. The lowest BCUT2D eigenvalue weighted by molar-refractivity contribution is -0.165. The molecule has 3 aromatic carbocycles. The third kappa shape index (κ3) is 7.08. The van der Waals surface area contributed by atoms with Gasteiger partial charge < -0.3 is 28.7 Å². The van der Waals surface area contributed by atoms with Crippen LogP contribution in [0.3, 0.4) is 0 Å². The van der Waals surface area contributed by atoms with Gasteiger partial charge in [0.05, 0.1) is 25.7 Å². The molecule has 0 spiro atoms. The van der Waals surface area contributed by atoms with E-state index in [0.29, 0.717) is 17.1 Å². The number of ether oxygens (including phenoxy) is 4. The van der Waals surface area contributed by atoms with Crippen molar-refractivity contribution in [1.82, 2.24) is 14.5 Å². The predicted molar refractivity (Wildman–Crippen MR) is 185 cm³/mol. The maximum atomic E-state index is 13.5. The monoisotopic (exact) mass is 684 g/mol. The second-order valence-corrected chi connectivity index (χ2v) is 13.4. The Morgan fingerprint density at radius 2 is 1.63 bits per heavy atom. The molecule has 256 valence electrons. The quantitative estimate of drug-likeness (QED) is 0.150. The fourth-order valence-corrected chi connectivity index (χ4v) is 7.68. The number of hydrogen-bond donors (Lipinski definition) is 0. The highest BCUT2D eigenvalue weighted by molar-refractivity contribution is 7.36. The molecule has 0 radical (unpaired) electrons. The fraction of sp³-hybridized carbons (Fsp3) is 0.378. The highest BCUT2D eigenvalue weighted by Crippen LogP contribution is 2.44. The number of aryl methyl sites for hydroxylation is 1. The highest BCUT2D eigenvalue weighted by atomic mass is 31.1. The molecule has 6 rings (SSSR count). The van der Waals surface area contributed by atoms with Crippen molar-refractivity contribution in [3.8, 4) is 5.75 Å². The van der Waals surface area contributed by atoms with Crippen molar-refractivity contribution in [3.05, 3.63) is 124 Å². The normalized spacial score (nSPS) is 22.1. The van der Waals surface area contributed by atoms with E-state index in [1.807, 2.05) is 98.9 Å². The van der Waals surface area contributed by atoms with Crippen molar-refractivity contribution in [3.63, 3.8) is 0 Å². The maximum Gasteiger partial charge on any atom is 0.351 e. The molecule has 2 aliphatic heterocycles. The van der Waals surface area contributed by atoms with Crippen molar-refractivity contribution in [1.29, 1.82) is 0 Å². The molecule has 0 N–H and O–H groups in total. The Hall–Kier alpha value is -4.25. The molecule has 49 heavy (non-hydrogen) atoms. The molecule has 0 saturated carbocycles. The molecule has 3 heterocycles. The molecule has 2 fully saturated rings. The zero-order chi connectivity index (χ0) is 34.5. The van der Waals surface area contributed by atoms with E-state index in [1.165, 1.54) is 11.7 Å². The fourth-order valence-electron chi connectivity index (χ4n) is 6.89. The molecule has 5 atom stereocenters. The summed E-state index contributed by atoms with van der Waals surface area (Å²) in [6, 6.07) is 27.4. The van der Waals surface area contributed by atoms with E-state index < -0.39 is 43.7 Å². The van der Waals surface area contributed by atoms with E-state index in [4.69, 9.17) is 18.9 Å². The molecule has 11 nitrogen and oxygen atoms in total. The van der Waals surface area contributed by atoms with Crippen molar-refractivity contribution in [2.45, 2.75) is 43.8 Å². The number of hydrogen-bond acceptors (Lipinski definition) is 9. The number of aliphatic imine (C=N–C) groups is 1. The lowest BCUT2D eigenvalue weighted by Crippen LogP contribution is -2.39. The van der Waals surface area contributed by atoms with Crippen LogP contribution >= 0.6 is 8.03 Å². The molecule has 1 unspecified atom stereocenters. The minimum Gasteiger partial charge on any atom is -0.596 e. The summed E-state index contributed by atoms with van der Waals surface area (Å²) in [6.07, 6.45) is 0.778. The molecular formula is C37H41N4O7P. The van der Waals surface area contributed by atoms with Crippen LogP contribution in [0.25, 0.3) is 0 Å². The van der Waals surface area contributed by atoms with E-state index in [9.17, 15) is 14.3 Å². The predicted octanol–water partition coefficient (Wildman–Crippen LogP) is 4.96. The standard InChI is InChI=1S/C37H41N4O7P/c1-25-22-41(36(42)39-34(25)38-32-16-11-21-40(32)2)35-33(46-4)30(24-49(43)44)31(48-35)23-47-37(26-12-7-5-8-13-26,27-14-9-6-10-15-27)28-17-19-29(45-3)20-18-28/h5-10,12-15,17-20,22,30-31,33,35H,11,16,21,23-24H2,1-4H3/t30-,31-,33-,35-/m1/s1. The van der Waals surface area contributed by atoms with Crippen LogP contribution in [-0.2, 0) is 24.4 Å². The topological polar surface area (TPSA) is 128 Å². The van der Waals surface area contributed by atoms with Crippen LogP contribution in [-0.4, -0.2) is 73.1 Å². The summed E-state index contributed by atoms with van der Waals surface area (Å²) in [6.45, 7) is 2.73. The van der Waals surface area contributed by atoms with Crippen LogP contribution in [0.2, 0.25) is 0 Å². The number of methoxy groups -OCH3 is 2. The summed E-state index contributed by atoms with van der Waals surface area (Å²) >= 11 is 0. The van der Waals surface area contributed by atoms with E-state index >= 15 is 0 Å². The van der Waals surface area contributed by atoms with Gasteiger partial charge in [0.1, 0.15) is 23.3 Å². The molecule has 0 bridgehead atoms. The molecule has 1 aromatic heterocycles. The van der Waals surface area contributed by atoms with Crippen LogP contribution in [0.1, 0.15) is 41.3 Å². The molecule has 2 saturated heterocycles. The Bertz CT molecular complexity index is 1800. The summed E-state index contributed by atoms with van der Waals surface area (Å²) in [5.74, 6) is 1.29. The van der Waals surface area contributed by atoms with Gasteiger partial charge in [-0.2, -0.15) is 4.98 Å². The summed E-state index contributed by atoms with van der Waals surface area (Å²) < 4.78 is 38.6. The molecule has 4 aromatic rings. The van der Waals surface area contributed by atoms with Crippen molar-refractivity contribution >= 4 is 19.7 Å². The first-order chi connectivity index (χ1) is 23.7. The number of nitrogens with zero attached hydrogens (tertiary/aromatic N) is 4. The van der Waals surface area contributed by atoms with Gasteiger partial charge in [0.15, 0.2) is 18.2 Å². The Labute approximate surface area is 287 Å². The zero-order valence-corrected chi connectivity index (χ0v) is 29.0. The van der Waals surface area contributed by atoms with Crippen LogP contribution in [0, 0.1) is 12.8 Å². The average Bonchev–Trinajstić information content (AvgIpc) is 3.68. The van der Waals surface area contributed by atoms with Gasteiger partial charge in [-0.15, -0.1) is 0 Å². The molecule has 0 aliphatic carbocycles. The van der Waals surface area contributed by atoms with E-state index in [2.05, 4.69) is 14.9 Å². The number of benzene rings is 3. The van der Waals surface area contributed by atoms with E-state index in [1.54, 1.807) is 13.3 Å². The van der Waals surface area contributed by atoms with Gasteiger partial charge in [0, 0.05) is 38.9 Å². The molecule has 12 heteroatoms. The average molecular weight is 685 g/mol. The van der Waals surface area contributed by atoms with Crippen molar-refractivity contribution < 1.29 is 28.4 Å². The first-order valence-corrected chi connectivity index (χ1v) is 17.7. The smallest absolute Gasteiger partial charge is 0.351 e. The first-order valence-electron chi connectivity index (χ1n) is 16.3. The third-order valence-electron chi connectivity index (χ3n) is 9.40. The van der Waals surface area contributed by atoms with Gasteiger partial charge in [-0.1, -0.05) is 77.4 Å². The summed E-state index contributed by atoms with van der Waals surface area (Å²) in [5.41, 5.74) is 1.60. The zero-order valence-electron chi connectivity index (χ0n) is 28.1. The van der Waals surface area contributed by atoms with Gasteiger partial charge in [-0.3, -0.25) is 4.57 Å². The van der Waals surface area contributed by atoms with Crippen molar-refractivity contribution in [2.24, 2.45) is 10.9 Å². The maximum absolute atomic E-state index is 13.5. The number of aromatic nitrogens is 2. The van der Waals surface area contributed by atoms with Gasteiger partial charge in [-0.05, 0) is 42.2 Å². The van der Waals surface area contributed by atoms with Gasteiger partial charge in [0.2, 0.25) is 0 Å². The SMILES string of the molecule is COc1ccc(C(OC[C@H]2O[C@@H](n3cc(C)c(N=C4CCCN4C)nc3=O)[C@H](OC)[C@@H]2C[P+](=O)[O-])(c2ccccc2)c2ccccc2)cc1. The largest absolute Gasteiger partial charge is 0.596 e. The Morgan fingerprint density at radius 3 is 2.18 bits per heavy atom. The number of amidine groups is 1. The minimum absolute atomic E-state index is 0.0146. The summed E-state index contributed by atoms with van der Waals surface area (Å²) in [7, 11) is 2.26. The number of rotatable bonds is 12. The van der Waals surface area contributed by atoms with E-state index in [0.717, 1.165) is 41.9 Å².